The Bertz CT molecular complexity index is 910. The number of aliphatic hydroxyl groups is 1. The molecule has 3 rings (SSSR count). The third-order valence-corrected chi connectivity index (χ3v) is 3.41. The fourth-order valence-electron chi connectivity index (χ4n) is 2.26. The van der Waals surface area contributed by atoms with Crippen LogP contribution in [-0.2, 0) is 13.0 Å². The number of nitrogens with zero attached hydrogens (tertiary/aromatic N) is 2. The van der Waals surface area contributed by atoms with E-state index in [1.54, 1.807) is 12.1 Å². The first-order valence-corrected chi connectivity index (χ1v) is 6.92. The van der Waals surface area contributed by atoms with Crippen LogP contribution in [0.15, 0.2) is 28.8 Å². The molecule has 0 amide bonds. The van der Waals surface area contributed by atoms with E-state index in [0.717, 1.165) is 0 Å². The Kier molecular flexibility index (Phi) is 3.97. The van der Waals surface area contributed by atoms with E-state index in [1.807, 2.05) is 0 Å². The van der Waals surface area contributed by atoms with Gasteiger partial charge in [0.1, 0.15) is 17.0 Å². The molecular formula is C15H10ClFN2O4. The molecule has 0 unspecified atom stereocenters. The van der Waals surface area contributed by atoms with Gasteiger partial charge in [0.25, 0.3) is 0 Å². The number of pyridine rings is 1. The van der Waals surface area contributed by atoms with E-state index >= 15 is 0 Å². The minimum Gasteiger partial charge on any atom is -0.475 e. The first-order valence-electron chi connectivity index (χ1n) is 6.54. The van der Waals surface area contributed by atoms with E-state index < -0.39 is 24.2 Å². The van der Waals surface area contributed by atoms with Gasteiger partial charge in [-0.2, -0.15) is 0 Å². The normalized spacial score (nSPS) is 11.1. The maximum atomic E-state index is 14.1. The van der Waals surface area contributed by atoms with Crippen LogP contribution >= 0.6 is 11.6 Å². The summed E-state index contributed by atoms with van der Waals surface area (Å²) in [6, 6.07) is 4.51. The van der Waals surface area contributed by atoms with Gasteiger partial charge in [-0.3, -0.25) is 4.98 Å². The van der Waals surface area contributed by atoms with Gasteiger partial charge in [0, 0.05) is 18.0 Å². The number of halogens is 2. The summed E-state index contributed by atoms with van der Waals surface area (Å²) in [6.07, 6.45) is 1.42. The van der Waals surface area contributed by atoms with Gasteiger partial charge in [-0.05, 0) is 23.8 Å². The zero-order valence-electron chi connectivity index (χ0n) is 11.6. The third-order valence-electron chi connectivity index (χ3n) is 3.20. The van der Waals surface area contributed by atoms with Crippen LogP contribution in [0.5, 0.6) is 0 Å². The van der Waals surface area contributed by atoms with Crippen molar-refractivity contribution in [1.82, 2.24) is 9.97 Å². The number of rotatable bonds is 4. The Labute approximate surface area is 134 Å². The maximum absolute atomic E-state index is 14.1. The molecule has 0 atom stereocenters. The maximum Gasteiger partial charge on any atom is 0.373 e. The van der Waals surface area contributed by atoms with E-state index in [-0.39, 0.29) is 23.5 Å². The van der Waals surface area contributed by atoms with Gasteiger partial charge >= 0.3 is 5.97 Å². The monoisotopic (exact) mass is 336 g/mol. The number of oxazole rings is 1. The lowest BCUT2D eigenvalue weighted by atomic mass is 10.1. The molecule has 0 saturated heterocycles. The number of aromatic nitrogens is 2. The standard InChI is InChI=1S/C15H10ClFN2O4/c16-9-4-8-1-7(2-10(17)13(8)18-5-9)3-12-19-11(6-20)14(23-12)15(21)22/h1-2,4-5,20H,3,6H2,(H,21,22). The molecule has 0 fully saturated rings. The molecular weight excluding hydrogens is 327 g/mol. The molecule has 0 aliphatic carbocycles. The highest BCUT2D eigenvalue weighted by atomic mass is 35.5. The molecule has 0 saturated carbocycles. The predicted molar refractivity (Wildman–Crippen MR) is 78.9 cm³/mol. The number of carboxylic acids is 1. The molecule has 0 aliphatic rings. The minimum absolute atomic E-state index is 0.0691. The van der Waals surface area contributed by atoms with Crippen LogP contribution in [-0.4, -0.2) is 26.2 Å². The molecule has 2 heterocycles. The summed E-state index contributed by atoms with van der Waals surface area (Å²) >= 11 is 5.85. The van der Waals surface area contributed by atoms with Crippen molar-refractivity contribution in [2.45, 2.75) is 13.0 Å². The summed E-state index contributed by atoms with van der Waals surface area (Å²) in [7, 11) is 0. The second kappa shape index (κ2) is 5.94. The van der Waals surface area contributed by atoms with Crippen molar-refractivity contribution < 1.29 is 23.8 Å². The van der Waals surface area contributed by atoms with Gasteiger partial charge in [0.05, 0.1) is 11.6 Å². The lowest BCUT2D eigenvalue weighted by Crippen LogP contribution is -1.99. The van der Waals surface area contributed by atoms with Crippen LogP contribution in [0.3, 0.4) is 0 Å². The largest absolute Gasteiger partial charge is 0.475 e. The van der Waals surface area contributed by atoms with Crippen molar-refractivity contribution in [2.24, 2.45) is 0 Å². The van der Waals surface area contributed by atoms with Crippen LogP contribution in [0.1, 0.15) is 27.7 Å². The number of carboxylic acid groups (broad SMARTS) is 1. The minimum atomic E-state index is -1.33. The van der Waals surface area contributed by atoms with Gasteiger partial charge in [-0.25, -0.2) is 14.2 Å². The van der Waals surface area contributed by atoms with E-state index in [0.29, 0.717) is 16.0 Å². The van der Waals surface area contributed by atoms with Crippen molar-refractivity contribution in [3.63, 3.8) is 0 Å². The van der Waals surface area contributed by atoms with Crippen LogP contribution in [0.4, 0.5) is 4.39 Å². The predicted octanol–water partition coefficient (Wildman–Crippen LogP) is 2.80. The number of carbonyl (C=O) groups is 1. The van der Waals surface area contributed by atoms with Crippen molar-refractivity contribution in [2.75, 3.05) is 0 Å². The summed E-state index contributed by atoms with van der Waals surface area (Å²) in [5.74, 6) is -2.20. The van der Waals surface area contributed by atoms with Crippen LogP contribution in [0.25, 0.3) is 10.9 Å². The zero-order chi connectivity index (χ0) is 16.6. The van der Waals surface area contributed by atoms with Crippen molar-refractivity contribution in [3.8, 4) is 0 Å². The lowest BCUT2D eigenvalue weighted by Gasteiger charge is -2.03. The molecule has 0 radical (unpaired) electrons. The Morgan fingerprint density at radius 1 is 1.35 bits per heavy atom. The van der Waals surface area contributed by atoms with Crippen LogP contribution < -0.4 is 0 Å². The van der Waals surface area contributed by atoms with Crippen LogP contribution in [0.2, 0.25) is 5.02 Å². The SMILES string of the molecule is O=C(O)c1oc(Cc2cc(F)c3ncc(Cl)cc3c2)nc1CO. The molecule has 2 N–H and O–H groups in total. The topological polar surface area (TPSA) is 96.5 Å². The highest BCUT2D eigenvalue weighted by molar-refractivity contribution is 6.31. The molecule has 8 heteroatoms. The highest BCUT2D eigenvalue weighted by Crippen LogP contribution is 2.23. The number of hydrogen-bond acceptors (Lipinski definition) is 5. The number of hydrogen-bond donors (Lipinski definition) is 2. The molecule has 23 heavy (non-hydrogen) atoms. The van der Waals surface area contributed by atoms with E-state index in [1.165, 1.54) is 12.3 Å². The smallest absolute Gasteiger partial charge is 0.373 e. The number of fused-ring (bicyclic) bond motifs is 1. The second-order valence-electron chi connectivity index (χ2n) is 4.83. The number of benzene rings is 1. The van der Waals surface area contributed by atoms with E-state index in [9.17, 15) is 9.18 Å². The molecule has 2 aromatic heterocycles. The molecule has 0 bridgehead atoms. The van der Waals surface area contributed by atoms with Gasteiger partial charge in [-0.15, -0.1) is 0 Å². The summed E-state index contributed by atoms with van der Waals surface area (Å²) < 4.78 is 19.2. The Balaban J connectivity index is 2.00. The summed E-state index contributed by atoms with van der Waals surface area (Å²) in [4.78, 5) is 18.8. The Morgan fingerprint density at radius 3 is 2.78 bits per heavy atom. The van der Waals surface area contributed by atoms with Crippen LogP contribution in [0, 0.1) is 5.82 Å². The summed E-state index contributed by atoms with van der Waals surface area (Å²) in [5.41, 5.74) is 0.632. The molecule has 1 aromatic carbocycles. The first-order chi connectivity index (χ1) is 11.0. The number of aromatic carboxylic acids is 1. The quantitative estimate of drug-likeness (QED) is 0.760. The van der Waals surface area contributed by atoms with E-state index in [2.05, 4.69) is 9.97 Å². The van der Waals surface area contributed by atoms with Gasteiger partial charge in [-0.1, -0.05) is 11.6 Å². The fraction of sp³-hybridized carbons (Fsp3) is 0.133. The fourth-order valence-corrected chi connectivity index (χ4v) is 2.43. The molecule has 118 valence electrons. The van der Waals surface area contributed by atoms with Crippen molar-refractivity contribution in [1.29, 1.82) is 0 Å². The average Bonchev–Trinajstić information content (AvgIpc) is 2.90. The average molecular weight is 337 g/mol. The Hall–Kier alpha value is -2.51. The summed E-state index contributed by atoms with van der Waals surface area (Å²) in [6.45, 7) is -0.559. The highest BCUT2D eigenvalue weighted by Gasteiger charge is 2.19. The van der Waals surface area contributed by atoms with Crippen molar-refractivity contribution >= 4 is 28.5 Å². The third kappa shape index (κ3) is 3.01. The number of aliphatic hydroxyl groups excluding tert-OH is 1. The molecule has 3 aromatic rings. The van der Waals surface area contributed by atoms with E-state index in [4.69, 9.17) is 26.2 Å². The first kappa shape index (κ1) is 15.4. The molecule has 6 nitrogen and oxygen atoms in total. The van der Waals surface area contributed by atoms with Gasteiger partial charge in [0.2, 0.25) is 5.76 Å². The summed E-state index contributed by atoms with van der Waals surface area (Å²) in [5, 5.41) is 18.9. The molecule has 0 aliphatic heterocycles. The molecule has 0 spiro atoms. The Morgan fingerprint density at radius 2 is 2.13 bits per heavy atom. The van der Waals surface area contributed by atoms with Gasteiger partial charge < -0.3 is 14.6 Å². The van der Waals surface area contributed by atoms with Crippen molar-refractivity contribution in [3.05, 3.63) is 58.1 Å². The lowest BCUT2D eigenvalue weighted by molar-refractivity contribution is 0.0656. The van der Waals surface area contributed by atoms with Gasteiger partial charge in [0.15, 0.2) is 5.89 Å². The zero-order valence-corrected chi connectivity index (χ0v) is 12.3. The second-order valence-corrected chi connectivity index (χ2v) is 5.26.